The second-order valence-electron chi connectivity index (χ2n) is 17.1. The first-order chi connectivity index (χ1) is 34.3. The Hall–Kier alpha value is -9.57. The average Bonchev–Trinajstić information content (AvgIpc) is 3.92. The minimum absolute atomic E-state index is 0.132. The molecule has 0 spiro atoms. The Labute approximate surface area is 399 Å². The van der Waals surface area contributed by atoms with E-state index in [9.17, 15) is 10.5 Å². The number of alkyl halides is 3. The number of para-hydroxylation sites is 2. The van der Waals surface area contributed by atoms with Crippen molar-refractivity contribution < 1.29 is 13.2 Å². The minimum atomic E-state index is -4.80. The maximum absolute atomic E-state index is 15.2. The second kappa shape index (κ2) is 16.6. The third-order valence-corrected chi connectivity index (χ3v) is 13.1. The molecule has 70 heavy (non-hydrogen) atoms. The van der Waals surface area contributed by atoms with Crippen LogP contribution in [0.15, 0.2) is 213 Å². The second-order valence-corrected chi connectivity index (χ2v) is 17.1. The third kappa shape index (κ3) is 6.96. The average molecular weight is 909 g/mol. The summed E-state index contributed by atoms with van der Waals surface area (Å²) in [7, 11) is 0. The molecule has 0 saturated heterocycles. The van der Waals surface area contributed by atoms with Crippen molar-refractivity contribution in [1.82, 2.24) is 19.1 Å². The molecule has 0 atom stereocenters. The molecule has 12 rings (SSSR count). The number of hydrogen-bond acceptors (Lipinski definition) is 4. The van der Waals surface area contributed by atoms with Gasteiger partial charge in [-0.2, -0.15) is 23.7 Å². The first-order valence-corrected chi connectivity index (χ1v) is 22.6. The van der Waals surface area contributed by atoms with Gasteiger partial charge in [0.25, 0.3) is 0 Å². The van der Waals surface area contributed by atoms with Gasteiger partial charge in [-0.15, -0.1) is 0 Å². The van der Waals surface area contributed by atoms with E-state index in [2.05, 4.69) is 18.2 Å². The van der Waals surface area contributed by atoms with E-state index < -0.39 is 11.7 Å². The zero-order valence-electron chi connectivity index (χ0n) is 37.0. The summed E-state index contributed by atoms with van der Waals surface area (Å²) < 4.78 is 49.4. The van der Waals surface area contributed by atoms with Crippen LogP contribution in [0, 0.1) is 22.7 Å². The minimum Gasteiger partial charge on any atom is -0.308 e. The summed E-state index contributed by atoms with van der Waals surface area (Å²) in [6.45, 7) is 0. The van der Waals surface area contributed by atoms with Crippen LogP contribution < -0.4 is 0 Å². The Kier molecular flexibility index (Phi) is 9.94. The molecule has 0 bridgehead atoms. The van der Waals surface area contributed by atoms with Crippen molar-refractivity contribution in [2.24, 2.45) is 0 Å². The summed E-state index contributed by atoms with van der Waals surface area (Å²) in [6.07, 6.45) is -1.10. The smallest absolute Gasteiger partial charge is 0.308 e. The molecule has 0 N–H and O–H groups in total. The number of pyridine rings is 2. The van der Waals surface area contributed by atoms with Crippen molar-refractivity contribution in [3.05, 3.63) is 229 Å². The van der Waals surface area contributed by atoms with Crippen LogP contribution in [-0.4, -0.2) is 19.1 Å². The number of rotatable bonds is 7. The number of benzene rings is 8. The number of hydrogen-bond donors (Lipinski definition) is 0. The summed E-state index contributed by atoms with van der Waals surface area (Å²) in [5.41, 5.74) is 10.0. The highest BCUT2D eigenvalue weighted by Crippen LogP contribution is 2.45. The van der Waals surface area contributed by atoms with Crippen LogP contribution in [-0.2, 0) is 6.18 Å². The fourth-order valence-corrected chi connectivity index (χ4v) is 9.93. The number of aromatic nitrogens is 4. The first-order valence-electron chi connectivity index (χ1n) is 22.6. The highest BCUT2D eigenvalue weighted by atomic mass is 19.4. The summed E-state index contributed by atoms with van der Waals surface area (Å²) in [5.74, 6) is 0. The maximum Gasteiger partial charge on any atom is 0.417 e. The van der Waals surface area contributed by atoms with E-state index >= 15 is 13.2 Å². The lowest BCUT2D eigenvalue weighted by molar-refractivity contribution is -0.137. The van der Waals surface area contributed by atoms with Gasteiger partial charge < -0.3 is 9.13 Å². The first kappa shape index (κ1) is 41.8. The zero-order chi connectivity index (χ0) is 47.5. The van der Waals surface area contributed by atoms with Crippen LogP contribution in [0.3, 0.4) is 0 Å². The van der Waals surface area contributed by atoms with E-state index in [1.54, 1.807) is 12.1 Å². The fraction of sp³-hybridized carbons (Fsp3) is 0.0164. The summed E-state index contributed by atoms with van der Waals surface area (Å²) >= 11 is 0. The predicted molar refractivity (Wildman–Crippen MR) is 272 cm³/mol. The molecule has 0 fully saturated rings. The van der Waals surface area contributed by atoms with E-state index in [1.807, 2.05) is 185 Å². The Balaban J connectivity index is 1.10. The SMILES string of the molecule is N#Cc1cccc(C(F)(F)F)c1-c1cc(-n2c3ccccc3c3cc(-c4ccc(-c5ccccc5)nc4)ccc32)c(C#N)c(-n2c3ccccc3c3cc(-c4ccc(-c5ccccc5)nc4)ccc32)c1. The number of halogens is 3. The van der Waals surface area contributed by atoms with Gasteiger partial charge in [0, 0.05) is 61.8 Å². The molecule has 4 heterocycles. The highest BCUT2D eigenvalue weighted by molar-refractivity contribution is 6.12. The predicted octanol–water partition coefficient (Wildman–Crippen LogP) is 15.8. The van der Waals surface area contributed by atoms with Crippen molar-refractivity contribution in [2.75, 3.05) is 0 Å². The molecule has 0 saturated carbocycles. The topological polar surface area (TPSA) is 83.2 Å². The van der Waals surface area contributed by atoms with Gasteiger partial charge in [-0.25, -0.2) is 0 Å². The molecule has 6 nitrogen and oxygen atoms in total. The van der Waals surface area contributed by atoms with E-state index in [1.165, 1.54) is 12.1 Å². The Morgan fingerprint density at radius 2 is 0.843 bits per heavy atom. The van der Waals surface area contributed by atoms with Gasteiger partial charge in [-0.3, -0.25) is 9.97 Å². The molecular weight excluding hydrogens is 874 g/mol. The van der Waals surface area contributed by atoms with Crippen molar-refractivity contribution in [1.29, 1.82) is 10.5 Å². The van der Waals surface area contributed by atoms with Gasteiger partial charge in [0.1, 0.15) is 11.6 Å². The lowest BCUT2D eigenvalue weighted by Crippen LogP contribution is -2.10. The van der Waals surface area contributed by atoms with Gasteiger partial charge in [0.15, 0.2) is 0 Å². The van der Waals surface area contributed by atoms with E-state index in [4.69, 9.17) is 9.97 Å². The van der Waals surface area contributed by atoms with Gasteiger partial charge in [-0.05, 0) is 89.5 Å². The number of nitriles is 2. The number of fused-ring (bicyclic) bond motifs is 6. The Morgan fingerprint density at radius 3 is 1.29 bits per heavy atom. The molecule has 0 radical (unpaired) electrons. The molecule has 9 heteroatoms. The highest BCUT2D eigenvalue weighted by Gasteiger charge is 2.35. The van der Waals surface area contributed by atoms with Crippen LogP contribution in [0.4, 0.5) is 13.2 Å². The molecule has 330 valence electrons. The molecule has 4 aromatic heterocycles. The molecule has 0 aliphatic heterocycles. The standard InChI is InChI=1S/C61H35F3N6/c62-61(63,64)51-19-11-16-42(34-65)60(51)45-32-58(69-54-20-9-7-17-46(54)48-30-40(24-28-56(48)69)43-22-26-52(67-36-43)38-12-3-1-4-13-38)50(35-66)59(33-45)70-55-21-10-8-18-47(55)49-31-41(25-29-57(49)70)44-23-27-53(68-37-44)39-14-5-2-6-15-39/h1-33,36-37H. The van der Waals surface area contributed by atoms with Crippen molar-refractivity contribution in [3.8, 4) is 79.4 Å². The monoisotopic (exact) mass is 908 g/mol. The van der Waals surface area contributed by atoms with E-state index in [0.29, 0.717) is 11.4 Å². The van der Waals surface area contributed by atoms with Crippen molar-refractivity contribution in [3.63, 3.8) is 0 Å². The van der Waals surface area contributed by atoms with Crippen LogP contribution in [0.5, 0.6) is 0 Å². The van der Waals surface area contributed by atoms with Gasteiger partial charge in [0.05, 0.1) is 62.0 Å². The fourth-order valence-electron chi connectivity index (χ4n) is 9.93. The summed E-state index contributed by atoms with van der Waals surface area (Å²) in [5, 5.41) is 25.5. The lowest BCUT2D eigenvalue weighted by Gasteiger charge is -2.20. The molecule has 0 unspecified atom stereocenters. The van der Waals surface area contributed by atoms with Crippen LogP contribution in [0.2, 0.25) is 0 Å². The Bertz CT molecular complexity index is 3880. The van der Waals surface area contributed by atoms with Crippen molar-refractivity contribution in [2.45, 2.75) is 6.18 Å². The lowest BCUT2D eigenvalue weighted by atomic mass is 9.92. The summed E-state index contributed by atoms with van der Waals surface area (Å²) in [4.78, 5) is 9.56. The zero-order valence-corrected chi connectivity index (χ0v) is 37.0. The van der Waals surface area contributed by atoms with E-state index in [-0.39, 0.29) is 22.3 Å². The van der Waals surface area contributed by atoms with Crippen LogP contribution in [0.1, 0.15) is 16.7 Å². The van der Waals surface area contributed by atoms with Crippen molar-refractivity contribution >= 4 is 43.6 Å². The Morgan fingerprint density at radius 1 is 0.386 bits per heavy atom. The van der Waals surface area contributed by atoms with Crippen LogP contribution >= 0.6 is 0 Å². The number of nitrogens with zero attached hydrogens (tertiary/aromatic N) is 6. The largest absolute Gasteiger partial charge is 0.417 e. The van der Waals surface area contributed by atoms with Gasteiger partial charge >= 0.3 is 6.18 Å². The molecule has 0 aliphatic carbocycles. The van der Waals surface area contributed by atoms with Gasteiger partial charge in [-0.1, -0.05) is 127 Å². The normalized spacial score (nSPS) is 11.6. The summed E-state index contributed by atoms with van der Waals surface area (Å²) in [6, 6.07) is 67.2. The maximum atomic E-state index is 15.2. The molecule has 12 aromatic rings. The molecule has 0 aliphatic rings. The van der Waals surface area contributed by atoms with Crippen LogP contribution in [0.25, 0.3) is 111 Å². The third-order valence-electron chi connectivity index (χ3n) is 13.1. The van der Waals surface area contributed by atoms with E-state index in [0.717, 1.165) is 94.4 Å². The quantitative estimate of drug-likeness (QED) is 0.159. The molecular formula is C61H35F3N6. The molecule has 0 amide bonds. The van der Waals surface area contributed by atoms with Gasteiger partial charge in [0.2, 0.25) is 0 Å². The molecule has 8 aromatic carbocycles.